The number of halogens is 2. The van der Waals surface area contributed by atoms with Gasteiger partial charge in [-0.3, -0.25) is 19.5 Å². The van der Waals surface area contributed by atoms with E-state index in [2.05, 4.69) is 22.2 Å². The zero-order valence-electron chi connectivity index (χ0n) is 20.6. The predicted octanol–water partition coefficient (Wildman–Crippen LogP) is 2.86. The Morgan fingerprint density at radius 3 is 2.72 bits per heavy atom. The van der Waals surface area contributed by atoms with Crippen molar-refractivity contribution < 1.29 is 18.7 Å². The summed E-state index contributed by atoms with van der Waals surface area (Å²) in [6.45, 7) is 3.31. The third kappa shape index (κ3) is 5.67. The van der Waals surface area contributed by atoms with Crippen LogP contribution in [0, 0.1) is 6.92 Å². The number of nitrogens with zero attached hydrogens (tertiary/aromatic N) is 6. The van der Waals surface area contributed by atoms with Gasteiger partial charge in [0.2, 0.25) is 0 Å². The van der Waals surface area contributed by atoms with Gasteiger partial charge in [-0.1, -0.05) is 30.7 Å². The minimum Gasteiger partial charge on any atom is -0.480 e. The Morgan fingerprint density at radius 1 is 1.25 bits per heavy atom. The number of aryl methyl sites for hydroxylation is 3. The van der Waals surface area contributed by atoms with Crippen molar-refractivity contribution in [2.75, 3.05) is 19.6 Å². The van der Waals surface area contributed by atoms with Crippen LogP contribution in [0.25, 0.3) is 11.4 Å². The molecule has 1 N–H and O–H groups in total. The molecule has 0 spiro atoms. The van der Waals surface area contributed by atoms with Crippen molar-refractivity contribution in [3.05, 3.63) is 63.3 Å². The Kier molecular flexibility index (Phi) is 7.30. The second-order valence-electron chi connectivity index (χ2n) is 9.45. The summed E-state index contributed by atoms with van der Waals surface area (Å²) in [5.74, 6) is -4.66. The topological polar surface area (TPSA) is 106 Å². The van der Waals surface area contributed by atoms with Gasteiger partial charge in [0.05, 0.1) is 31.0 Å². The lowest BCUT2D eigenvalue weighted by atomic mass is 9.87. The number of aliphatic carboxylic acids is 1. The summed E-state index contributed by atoms with van der Waals surface area (Å²) in [5.41, 5.74) is 3.90. The zero-order chi connectivity index (χ0) is 26.0. The van der Waals surface area contributed by atoms with E-state index in [0.717, 1.165) is 18.4 Å². The monoisotopic (exact) mass is 500 g/mol. The second-order valence-corrected chi connectivity index (χ2v) is 9.45. The van der Waals surface area contributed by atoms with Crippen LogP contribution in [0.1, 0.15) is 48.2 Å². The van der Waals surface area contributed by atoms with Gasteiger partial charge < -0.3 is 9.67 Å². The number of pyridine rings is 2. The van der Waals surface area contributed by atoms with Crippen LogP contribution in [0.4, 0.5) is 8.78 Å². The molecule has 11 heteroatoms. The lowest BCUT2D eigenvalue weighted by Crippen LogP contribution is -2.48. The molecule has 0 saturated carbocycles. The number of carbonyl (C=O) groups is 1. The smallest absolute Gasteiger partial charge is 0.317 e. The number of aromatic nitrogens is 5. The maximum absolute atomic E-state index is 14.4. The minimum absolute atomic E-state index is 0.134. The van der Waals surface area contributed by atoms with E-state index < -0.39 is 30.9 Å². The van der Waals surface area contributed by atoms with E-state index >= 15 is 0 Å². The third-order valence-electron chi connectivity index (χ3n) is 6.49. The molecule has 4 rings (SSSR count). The molecule has 0 unspecified atom stereocenters. The van der Waals surface area contributed by atoms with Gasteiger partial charge >= 0.3 is 5.97 Å². The molecule has 1 fully saturated rings. The Morgan fingerprint density at radius 2 is 2.03 bits per heavy atom. The first kappa shape index (κ1) is 25.6. The summed E-state index contributed by atoms with van der Waals surface area (Å²) < 4.78 is 32.0. The summed E-state index contributed by atoms with van der Waals surface area (Å²) in [6, 6.07) is 6.87. The SMILES string of the molecule is CCCc1ccc(=O)n(Cc2c(-c3ccc([C@H]4CN(CC(=O)O)CC(F)(F)C4)c(C)n3)nnn2C)c1. The average Bonchev–Trinajstić information content (AvgIpc) is 3.14. The van der Waals surface area contributed by atoms with Gasteiger partial charge in [0, 0.05) is 43.9 Å². The van der Waals surface area contributed by atoms with Gasteiger partial charge in [0.25, 0.3) is 11.5 Å². The number of piperidine rings is 1. The van der Waals surface area contributed by atoms with Crippen LogP contribution in [-0.2, 0) is 24.8 Å². The third-order valence-corrected chi connectivity index (χ3v) is 6.49. The number of hydrogen-bond donors (Lipinski definition) is 1. The van der Waals surface area contributed by atoms with Crippen molar-refractivity contribution in [1.29, 1.82) is 0 Å². The van der Waals surface area contributed by atoms with Gasteiger partial charge in [-0.05, 0) is 30.5 Å². The quantitative estimate of drug-likeness (QED) is 0.507. The van der Waals surface area contributed by atoms with Crippen LogP contribution < -0.4 is 5.56 Å². The zero-order valence-corrected chi connectivity index (χ0v) is 20.6. The molecule has 192 valence electrons. The van der Waals surface area contributed by atoms with Crippen LogP contribution in [0.15, 0.2) is 35.3 Å². The lowest BCUT2D eigenvalue weighted by molar-refractivity contribution is -0.141. The number of rotatable bonds is 8. The van der Waals surface area contributed by atoms with Crippen LogP contribution in [0.5, 0.6) is 0 Å². The Bertz CT molecular complexity index is 1320. The molecule has 1 saturated heterocycles. The van der Waals surface area contributed by atoms with E-state index in [1.165, 1.54) is 4.90 Å². The fraction of sp³-hybridized carbons (Fsp3) is 0.480. The van der Waals surface area contributed by atoms with Crippen LogP contribution in [0.2, 0.25) is 0 Å². The van der Waals surface area contributed by atoms with E-state index in [0.29, 0.717) is 28.3 Å². The first-order valence-electron chi connectivity index (χ1n) is 11.9. The molecule has 3 aromatic rings. The highest BCUT2D eigenvalue weighted by Gasteiger charge is 2.41. The van der Waals surface area contributed by atoms with Crippen molar-refractivity contribution in [3.63, 3.8) is 0 Å². The normalized spacial score (nSPS) is 17.9. The summed E-state index contributed by atoms with van der Waals surface area (Å²) in [7, 11) is 1.75. The second kappa shape index (κ2) is 10.3. The summed E-state index contributed by atoms with van der Waals surface area (Å²) in [5, 5.41) is 17.5. The molecular weight excluding hydrogens is 470 g/mol. The molecular formula is C25H30F2N6O3. The standard InChI is InChI=1S/C25H30F2N6O3/c1-4-5-17-6-9-22(34)33(11-17)13-21-24(29-30-31(21)3)20-8-7-19(16(2)28-20)18-10-25(26,27)15-32(12-18)14-23(35)36/h6-9,11,18H,4-5,10,12-15H2,1-3H3,(H,35,36)/t18-/m1/s1. The summed E-state index contributed by atoms with van der Waals surface area (Å²) in [6.07, 6.45) is 3.31. The molecule has 1 atom stereocenters. The highest BCUT2D eigenvalue weighted by atomic mass is 19.3. The lowest BCUT2D eigenvalue weighted by Gasteiger charge is -2.37. The van der Waals surface area contributed by atoms with E-state index in [-0.39, 0.29) is 25.1 Å². The number of carboxylic acids is 1. The summed E-state index contributed by atoms with van der Waals surface area (Å²) in [4.78, 5) is 29.5. The first-order valence-corrected chi connectivity index (χ1v) is 11.9. The molecule has 0 aromatic carbocycles. The predicted molar refractivity (Wildman–Crippen MR) is 129 cm³/mol. The molecule has 0 aliphatic carbocycles. The van der Waals surface area contributed by atoms with Crippen LogP contribution >= 0.6 is 0 Å². The maximum atomic E-state index is 14.4. The number of alkyl halides is 2. The van der Waals surface area contributed by atoms with Crippen molar-refractivity contribution in [2.24, 2.45) is 7.05 Å². The minimum atomic E-state index is -2.98. The Balaban J connectivity index is 1.63. The molecule has 0 amide bonds. The molecule has 9 nitrogen and oxygen atoms in total. The van der Waals surface area contributed by atoms with E-state index in [1.54, 1.807) is 41.4 Å². The van der Waals surface area contributed by atoms with Gasteiger partial charge in [-0.25, -0.2) is 13.5 Å². The molecule has 1 aliphatic rings. The van der Waals surface area contributed by atoms with Crippen LogP contribution in [0.3, 0.4) is 0 Å². The van der Waals surface area contributed by atoms with Crippen molar-refractivity contribution in [1.82, 2.24) is 29.4 Å². The Hall–Kier alpha value is -3.47. The van der Waals surface area contributed by atoms with Gasteiger partial charge in [-0.15, -0.1) is 5.10 Å². The maximum Gasteiger partial charge on any atom is 0.317 e. The molecule has 3 aromatic heterocycles. The Labute approximate surface area is 207 Å². The van der Waals surface area contributed by atoms with Crippen LogP contribution in [-0.4, -0.2) is 66.1 Å². The number of carboxylic acid groups (broad SMARTS) is 1. The molecule has 4 heterocycles. The van der Waals surface area contributed by atoms with E-state index in [9.17, 15) is 18.4 Å². The van der Waals surface area contributed by atoms with Crippen molar-refractivity contribution in [2.45, 2.75) is 51.5 Å². The van der Waals surface area contributed by atoms with E-state index in [4.69, 9.17) is 5.11 Å². The fourth-order valence-corrected chi connectivity index (χ4v) is 4.90. The van der Waals surface area contributed by atoms with Crippen molar-refractivity contribution >= 4 is 5.97 Å². The number of likely N-dealkylation sites (tertiary alicyclic amines) is 1. The van der Waals surface area contributed by atoms with Gasteiger partial charge in [0.15, 0.2) is 0 Å². The number of hydrogen-bond acceptors (Lipinski definition) is 6. The average molecular weight is 501 g/mol. The van der Waals surface area contributed by atoms with Gasteiger partial charge in [0.1, 0.15) is 5.69 Å². The molecule has 1 aliphatic heterocycles. The van der Waals surface area contributed by atoms with Crippen molar-refractivity contribution in [3.8, 4) is 11.4 Å². The molecule has 0 radical (unpaired) electrons. The van der Waals surface area contributed by atoms with E-state index in [1.807, 2.05) is 12.3 Å². The molecule has 36 heavy (non-hydrogen) atoms. The fourth-order valence-electron chi connectivity index (χ4n) is 4.90. The molecule has 0 bridgehead atoms. The summed E-state index contributed by atoms with van der Waals surface area (Å²) >= 11 is 0. The largest absolute Gasteiger partial charge is 0.480 e. The first-order chi connectivity index (χ1) is 17.1. The highest BCUT2D eigenvalue weighted by molar-refractivity contribution is 5.69. The highest BCUT2D eigenvalue weighted by Crippen LogP contribution is 2.37. The van der Waals surface area contributed by atoms with Gasteiger partial charge in [-0.2, -0.15) is 0 Å².